The van der Waals surface area contributed by atoms with Gasteiger partial charge >= 0.3 is 0 Å². The number of anilines is 2. The minimum atomic E-state index is -3.87. The van der Waals surface area contributed by atoms with Crippen LogP contribution in [-0.4, -0.2) is 38.1 Å². The van der Waals surface area contributed by atoms with Gasteiger partial charge in [0.2, 0.25) is 10.0 Å². The van der Waals surface area contributed by atoms with Crippen molar-refractivity contribution in [2.24, 2.45) is 0 Å². The summed E-state index contributed by atoms with van der Waals surface area (Å²) in [6, 6.07) is 11.9. The van der Waals surface area contributed by atoms with Crippen molar-refractivity contribution in [3.63, 3.8) is 0 Å². The third-order valence-electron chi connectivity index (χ3n) is 4.98. The normalized spacial score (nSPS) is 14.8. The van der Waals surface area contributed by atoms with Gasteiger partial charge in [-0.3, -0.25) is 19.2 Å². The molecule has 0 N–H and O–H groups in total. The van der Waals surface area contributed by atoms with E-state index in [4.69, 9.17) is 0 Å². The molecule has 2 aromatic rings. The summed E-state index contributed by atoms with van der Waals surface area (Å²) in [6.07, 6.45) is 2.88. The minimum absolute atomic E-state index is 0.104. The van der Waals surface area contributed by atoms with E-state index >= 15 is 0 Å². The fourth-order valence-electron chi connectivity index (χ4n) is 3.73. The molecule has 0 aliphatic carbocycles. The number of benzene rings is 2. The second-order valence-electron chi connectivity index (χ2n) is 6.98. The van der Waals surface area contributed by atoms with Gasteiger partial charge in [-0.1, -0.05) is 31.2 Å². The van der Waals surface area contributed by atoms with Gasteiger partial charge in [-0.05, 0) is 37.0 Å². The summed E-state index contributed by atoms with van der Waals surface area (Å²) in [5.41, 5.74) is 1.70. The zero-order valence-corrected chi connectivity index (χ0v) is 17.1. The third-order valence-corrected chi connectivity index (χ3v) is 6.16. The summed E-state index contributed by atoms with van der Waals surface area (Å²) in [7, 11) is -3.87. The molecule has 0 aromatic heterocycles. The Morgan fingerprint density at radius 1 is 1.24 bits per heavy atom. The Labute approximate surface area is 169 Å². The number of fused-ring (bicyclic) bond motifs is 1. The number of hydrogen-bond acceptors (Lipinski definition) is 5. The molecule has 1 amide bonds. The molecular weight excluding hydrogens is 394 g/mol. The number of rotatable bonds is 6. The van der Waals surface area contributed by atoms with E-state index < -0.39 is 21.0 Å². The predicted octanol–water partition coefficient (Wildman–Crippen LogP) is 3.12. The Morgan fingerprint density at radius 2 is 1.97 bits per heavy atom. The topological polar surface area (TPSA) is 101 Å². The Kier molecular flexibility index (Phi) is 5.88. The molecule has 0 saturated heterocycles. The van der Waals surface area contributed by atoms with Crippen LogP contribution in [0.1, 0.15) is 25.3 Å². The number of hydrogen-bond donors (Lipinski definition) is 0. The van der Waals surface area contributed by atoms with Crippen LogP contribution in [0.2, 0.25) is 0 Å². The Bertz CT molecular complexity index is 1040. The molecule has 0 unspecified atom stereocenters. The average molecular weight is 417 g/mol. The van der Waals surface area contributed by atoms with Crippen LogP contribution in [0, 0.1) is 10.1 Å². The lowest BCUT2D eigenvalue weighted by molar-refractivity contribution is -0.384. The first-order valence-corrected chi connectivity index (χ1v) is 11.2. The molecule has 1 aliphatic heterocycles. The Hall–Kier alpha value is -2.94. The van der Waals surface area contributed by atoms with Crippen molar-refractivity contribution in [1.29, 1.82) is 0 Å². The molecule has 9 heteroatoms. The maximum Gasteiger partial charge on any atom is 0.271 e. The highest BCUT2D eigenvalue weighted by Crippen LogP contribution is 2.31. The molecule has 2 aromatic carbocycles. The molecule has 1 atom stereocenters. The lowest BCUT2D eigenvalue weighted by Crippen LogP contribution is -2.52. The predicted molar refractivity (Wildman–Crippen MR) is 112 cm³/mol. The van der Waals surface area contributed by atoms with Crippen molar-refractivity contribution in [3.05, 3.63) is 64.2 Å². The number of para-hydroxylation sites is 1. The van der Waals surface area contributed by atoms with E-state index in [-0.39, 0.29) is 23.7 Å². The molecule has 1 aliphatic rings. The van der Waals surface area contributed by atoms with E-state index in [0.717, 1.165) is 34.7 Å². The fourth-order valence-corrected chi connectivity index (χ4v) is 4.93. The van der Waals surface area contributed by atoms with Gasteiger partial charge < -0.3 is 4.90 Å². The standard InChI is InChI=1S/C20H23N3O5S/c1-3-18(20(24)21-13-7-9-15-8-4-5-12-19(15)21)22(29(2,27)28)16-10-6-11-17(14-16)23(25)26/h4-6,8,10-12,14,18H,3,7,9,13H2,1-2H3/t18-/m0/s1. The molecule has 0 radical (unpaired) electrons. The lowest BCUT2D eigenvalue weighted by Gasteiger charge is -2.36. The second-order valence-corrected chi connectivity index (χ2v) is 8.84. The highest BCUT2D eigenvalue weighted by atomic mass is 32.2. The summed E-state index contributed by atoms with van der Waals surface area (Å²) >= 11 is 0. The highest BCUT2D eigenvalue weighted by Gasteiger charge is 2.36. The molecule has 0 spiro atoms. The molecule has 154 valence electrons. The lowest BCUT2D eigenvalue weighted by atomic mass is 10.0. The van der Waals surface area contributed by atoms with Gasteiger partial charge in [0.05, 0.1) is 16.9 Å². The molecule has 0 saturated carbocycles. The quantitative estimate of drug-likeness (QED) is 0.531. The molecule has 0 bridgehead atoms. The van der Waals surface area contributed by atoms with Gasteiger partial charge in [0, 0.05) is 24.4 Å². The van der Waals surface area contributed by atoms with Crippen LogP contribution in [-0.2, 0) is 21.2 Å². The van der Waals surface area contributed by atoms with Crippen LogP contribution in [0.5, 0.6) is 0 Å². The van der Waals surface area contributed by atoms with Crippen molar-refractivity contribution < 1.29 is 18.1 Å². The Morgan fingerprint density at radius 3 is 2.62 bits per heavy atom. The summed E-state index contributed by atoms with van der Waals surface area (Å²) in [6.45, 7) is 2.23. The van der Waals surface area contributed by atoms with Gasteiger partial charge in [-0.2, -0.15) is 0 Å². The fraction of sp³-hybridized carbons (Fsp3) is 0.350. The van der Waals surface area contributed by atoms with Crippen LogP contribution >= 0.6 is 0 Å². The highest BCUT2D eigenvalue weighted by molar-refractivity contribution is 7.92. The molecule has 0 fully saturated rings. The largest absolute Gasteiger partial charge is 0.310 e. The van der Waals surface area contributed by atoms with Gasteiger partial charge in [0.1, 0.15) is 6.04 Å². The number of nitrogens with zero attached hydrogens (tertiary/aromatic N) is 3. The summed E-state index contributed by atoms with van der Waals surface area (Å²) < 4.78 is 26.3. The number of sulfonamides is 1. The van der Waals surface area contributed by atoms with E-state index in [1.807, 2.05) is 24.3 Å². The van der Waals surface area contributed by atoms with Gasteiger partial charge in [0.25, 0.3) is 11.6 Å². The molecule has 1 heterocycles. The van der Waals surface area contributed by atoms with Crippen LogP contribution in [0.15, 0.2) is 48.5 Å². The first kappa shape index (κ1) is 20.8. The summed E-state index contributed by atoms with van der Waals surface area (Å²) in [5, 5.41) is 11.1. The molecule has 8 nitrogen and oxygen atoms in total. The number of nitro benzene ring substituents is 1. The van der Waals surface area contributed by atoms with Crippen molar-refractivity contribution in [2.45, 2.75) is 32.2 Å². The summed E-state index contributed by atoms with van der Waals surface area (Å²) in [4.78, 5) is 25.6. The maximum absolute atomic E-state index is 13.5. The zero-order valence-electron chi connectivity index (χ0n) is 16.3. The van der Waals surface area contributed by atoms with Gasteiger partial charge in [0.15, 0.2) is 0 Å². The zero-order chi connectivity index (χ0) is 21.2. The first-order chi connectivity index (χ1) is 13.7. The number of carbonyl (C=O) groups excluding carboxylic acids is 1. The SMILES string of the molecule is CC[C@@H](C(=O)N1CCCc2ccccc21)N(c1cccc([N+](=O)[O-])c1)S(C)(=O)=O. The molecule has 3 rings (SSSR count). The number of non-ortho nitro benzene ring substituents is 1. The van der Waals surface area contributed by atoms with Crippen LogP contribution in [0.4, 0.5) is 17.1 Å². The number of nitro groups is 1. The number of aryl methyl sites for hydroxylation is 1. The maximum atomic E-state index is 13.5. The van der Waals surface area contributed by atoms with Crippen LogP contribution < -0.4 is 9.21 Å². The van der Waals surface area contributed by atoms with Crippen molar-refractivity contribution in [2.75, 3.05) is 22.0 Å². The minimum Gasteiger partial charge on any atom is -0.310 e. The average Bonchev–Trinajstić information content (AvgIpc) is 2.70. The third kappa shape index (κ3) is 4.24. The van der Waals surface area contributed by atoms with E-state index in [2.05, 4.69) is 0 Å². The molecular formula is C20H23N3O5S. The van der Waals surface area contributed by atoms with E-state index in [1.165, 1.54) is 24.3 Å². The van der Waals surface area contributed by atoms with Gasteiger partial charge in [-0.25, -0.2) is 8.42 Å². The number of amides is 1. The van der Waals surface area contributed by atoms with E-state index in [9.17, 15) is 23.3 Å². The summed E-state index contributed by atoms with van der Waals surface area (Å²) in [5.74, 6) is -0.336. The monoisotopic (exact) mass is 417 g/mol. The Balaban J connectivity index is 2.05. The first-order valence-electron chi connectivity index (χ1n) is 9.37. The van der Waals surface area contributed by atoms with Crippen LogP contribution in [0.3, 0.4) is 0 Å². The van der Waals surface area contributed by atoms with Crippen molar-refractivity contribution in [1.82, 2.24) is 0 Å². The second kappa shape index (κ2) is 8.20. The van der Waals surface area contributed by atoms with Gasteiger partial charge in [-0.15, -0.1) is 0 Å². The van der Waals surface area contributed by atoms with Crippen molar-refractivity contribution in [3.8, 4) is 0 Å². The van der Waals surface area contributed by atoms with Crippen molar-refractivity contribution >= 4 is 33.0 Å². The van der Waals surface area contributed by atoms with Crippen LogP contribution in [0.25, 0.3) is 0 Å². The smallest absolute Gasteiger partial charge is 0.271 e. The number of carbonyl (C=O) groups is 1. The van der Waals surface area contributed by atoms with E-state index in [1.54, 1.807) is 11.8 Å². The molecule has 29 heavy (non-hydrogen) atoms. The van der Waals surface area contributed by atoms with E-state index in [0.29, 0.717) is 6.54 Å².